The van der Waals surface area contributed by atoms with Gasteiger partial charge in [-0.15, -0.1) is 5.10 Å². The molecule has 0 atom stereocenters. The maximum Gasteiger partial charge on any atom is 0.0770 e. The molecule has 1 aromatic rings. The van der Waals surface area contributed by atoms with Gasteiger partial charge in [-0.2, -0.15) is 12.6 Å². The molecule has 0 radical (unpaired) electrons. The van der Waals surface area contributed by atoms with E-state index >= 15 is 0 Å². The number of thiol groups is 1. The van der Waals surface area contributed by atoms with Crippen molar-refractivity contribution < 1.29 is 0 Å². The predicted molar refractivity (Wildman–Crippen MR) is 46.7 cm³/mol. The summed E-state index contributed by atoms with van der Waals surface area (Å²) in [7, 11) is 0. The Hall–Kier alpha value is -0.0900. The molecule has 0 aliphatic rings. The molecule has 0 saturated heterocycles. The average Bonchev–Trinajstić information content (AvgIpc) is 2.11. The molecule has 4 heteroatoms. The lowest BCUT2D eigenvalue weighted by molar-refractivity contribution is 0.798. The normalized spacial score (nSPS) is 12.0. The topological polar surface area (TPSA) is 25.8 Å². The number of nitrogens with zero attached hydrogens (tertiary/aromatic N) is 2. The first-order valence-electron chi connectivity index (χ1n) is 3.03. The van der Waals surface area contributed by atoms with E-state index in [4.69, 9.17) is 0 Å². The zero-order valence-corrected chi connectivity index (χ0v) is 7.96. The van der Waals surface area contributed by atoms with Crippen LogP contribution in [0.3, 0.4) is 0 Å². The molecule has 0 saturated carbocycles. The lowest BCUT2D eigenvalue weighted by Gasteiger charge is -2.13. The highest BCUT2D eigenvalue weighted by molar-refractivity contribution is 7.81. The van der Waals surface area contributed by atoms with Crippen molar-refractivity contribution in [2.24, 2.45) is 0 Å². The molecule has 0 unspecified atom stereocenters. The summed E-state index contributed by atoms with van der Waals surface area (Å²) in [6, 6.07) is 0. The Morgan fingerprint density at radius 3 is 2.30 bits per heavy atom. The SMILES string of the molecule is Cc1nnsc1C(C)(C)S. The van der Waals surface area contributed by atoms with Gasteiger partial charge < -0.3 is 0 Å². The van der Waals surface area contributed by atoms with Crippen LogP contribution < -0.4 is 0 Å². The van der Waals surface area contributed by atoms with E-state index in [1.165, 1.54) is 11.5 Å². The van der Waals surface area contributed by atoms with Gasteiger partial charge in [0.25, 0.3) is 0 Å². The molecule has 56 valence electrons. The van der Waals surface area contributed by atoms with Crippen LogP contribution in [-0.2, 0) is 4.75 Å². The van der Waals surface area contributed by atoms with Crippen molar-refractivity contribution >= 4 is 24.2 Å². The molecule has 0 amide bonds. The maximum atomic E-state index is 4.41. The van der Waals surface area contributed by atoms with Gasteiger partial charge in [0.05, 0.1) is 10.6 Å². The Morgan fingerprint density at radius 1 is 1.50 bits per heavy atom. The predicted octanol–water partition coefficient (Wildman–Crippen LogP) is 2.01. The molecule has 0 aromatic carbocycles. The molecular formula is C6H10N2S2. The molecule has 1 heterocycles. The summed E-state index contributed by atoms with van der Waals surface area (Å²) >= 11 is 5.83. The summed E-state index contributed by atoms with van der Waals surface area (Å²) in [5.74, 6) is 0. The first kappa shape index (κ1) is 8.01. The number of aryl methyl sites for hydroxylation is 1. The summed E-state index contributed by atoms with van der Waals surface area (Å²) in [4.78, 5) is 1.15. The molecular weight excluding hydrogens is 164 g/mol. The maximum absolute atomic E-state index is 4.41. The van der Waals surface area contributed by atoms with E-state index in [0.717, 1.165) is 10.6 Å². The average molecular weight is 174 g/mol. The van der Waals surface area contributed by atoms with Gasteiger partial charge in [0.1, 0.15) is 0 Å². The number of rotatable bonds is 1. The van der Waals surface area contributed by atoms with Crippen molar-refractivity contribution in [3.63, 3.8) is 0 Å². The summed E-state index contributed by atoms with van der Waals surface area (Å²) in [6.45, 7) is 6.04. The standard InChI is InChI=1S/C6H10N2S2/c1-4-5(6(2,3)9)10-8-7-4/h9H,1-3H3. The summed E-state index contributed by atoms with van der Waals surface area (Å²) in [5, 5.41) is 3.90. The van der Waals surface area contributed by atoms with Crippen molar-refractivity contribution in [3.05, 3.63) is 10.6 Å². The van der Waals surface area contributed by atoms with Gasteiger partial charge in [0.15, 0.2) is 0 Å². The van der Waals surface area contributed by atoms with Crippen LogP contribution in [0.4, 0.5) is 0 Å². The Balaban J connectivity index is 3.05. The number of hydrogen-bond acceptors (Lipinski definition) is 4. The second-order valence-electron chi connectivity index (χ2n) is 2.75. The van der Waals surface area contributed by atoms with E-state index in [9.17, 15) is 0 Å². The second kappa shape index (κ2) is 2.51. The van der Waals surface area contributed by atoms with Crippen LogP contribution in [0, 0.1) is 6.92 Å². The lowest BCUT2D eigenvalue weighted by Crippen LogP contribution is -2.06. The Bertz CT molecular complexity index is 224. The van der Waals surface area contributed by atoms with E-state index in [1.807, 2.05) is 20.8 Å². The first-order valence-corrected chi connectivity index (χ1v) is 4.25. The molecule has 2 nitrogen and oxygen atoms in total. The zero-order valence-electron chi connectivity index (χ0n) is 6.25. The minimum atomic E-state index is -0.0990. The van der Waals surface area contributed by atoms with Gasteiger partial charge in [0, 0.05) is 4.75 Å². The Morgan fingerprint density at radius 2 is 2.10 bits per heavy atom. The van der Waals surface area contributed by atoms with Crippen LogP contribution in [-0.4, -0.2) is 9.59 Å². The van der Waals surface area contributed by atoms with Crippen molar-refractivity contribution in [1.29, 1.82) is 0 Å². The molecule has 0 spiro atoms. The van der Waals surface area contributed by atoms with Crippen LogP contribution >= 0.6 is 24.2 Å². The lowest BCUT2D eigenvalue weighted by atomic mass is 10.1. The van der Waals surface area contributed by atoms with Crippen LogP contribution in [0.5, 0.6) is 0 Å². The Labute approximate surface area is 70.2 Å². The smallest absolute Gasteiger partial charge is 0.0770 e. The Kier molecular flexibility index (Phi) is 2.01. The fraction of sp³-hybridized carbons (Fsp3) is 0.667. The summed E-state index contributed by atoms with van der Waals surface area (Å²) in [6.07, 6.45) is 0. The number of hydrogen-bond donors (Lipinski definition) is 1. The van der Waals surface area contributed by atoms with Crippen LogP contribution in [0.25, 0.3) is 0 Å². The zero-order chi connectivity index (χ0) is 7.78. The van der Waals surface area contributed by atoms with E-state index in [0.29, 0.717) is 0 Å². The number of aromatic nitrogens is 2. The molecule has 10 heavy (non-hydrogen) atoms. The molecule has 0 aliphatic carbocycles. The van der Waals surface area contributed by atoms with Gasteiger partial charge >= 0.3 is 0 Å². The molecule has 0 bridgehead atoms. The molecule has 0 N–H and O–H groups in total. The minimum Gasteiger partial charge on any atom is -0.167 e. The molecule has 0 fully saturated rings. The third-order valence-corrected chi connectivity index (χ3v) is 2.73. The summed E-state index contributed by atoms with van der Waals surface area (Å²) < 4.78 is 3.73. The minimum absolute atomic E-state index is 0.0990. The second-order valence-corrected chi connectivity index (χ2v) is 4.62. The highest BCUT2D eigenvalue weighted by atomic mass is 32.1. The van der Waals surface area contributed by atoms with Gasteiger partial charge in [0.2, 0.25) is 0 Å². The van der Waals surface area contributed by atoms with E-state index < -0.39 is 0 Å². The van der Waals surface area contributed by atoms with Gasteiger partial charge in [-0.25, -0.2) is 0 Å². The van der Waals surface area contributed by atoms with Crippen LogP contribution in [0.1, 0.15) is 24.4 Å². The van der Waals surface area contributed by atoms with Crippen molar-refractivity contribution in [3.8, 4) is 0 Å². The van der Waals surface area contributed by atoms with Crippen molar-refractivity contribution in [2.45, 2.75) is 25.5 Å². The van der Waals surface area contributed by atoms with E-state index in [2.05, 4.69) is 22.2 Å². The highest BCUT2D eigenvalue weighted by Crippen LogP contribution is 2.30. The first-order chi connectivity index (χ1) is 4.52. The molecule has 1 aromatic heterocycles. The third-order valence-electron chi connectivity index (χ3n) is 1.21. The highest BCUT2D eigenvalue weighted by Gasteiger charge is 2.20. The summed E-state index contributed by atoms with van der Waals surface area (Å²) in [5.41, 5.74) is 0.991. The quantitative estimate of drug-likeness (QED) is 0.659. The van der Waals surface area contributed by atoms with Crippen LogP contribution in [0.2, 0.25) is 0 Å². The van der Waals surface area contributed by atoms with Gasteiger partial charge in [-0.3, -0.25) is 0 Å². The molecule has 0 aliphatic heterocycles. The molecule has 1 rings (SSSR count). The fourth-order valence-electron chi connectivity index (χ4n) is 0.788. The van der Waals surface area contributed by atoms with Crippen molar-refractivity contribution in [2.75, 3.05) is 0 Å². The van der Waals surface area contributed by atoms with E-state index in [-0.39, 0.29) is 4.75 Å². The third kappa shape index (κ3) is 1.49. The van der Waals surface area contributed by atoms with E-state index in [1.54, 1.807) is 0 Å². The van der Waals surface area contributed by atoms with Crippen molar-refractivity contribution in [1.82, 2.24) is 9.59 Å². The van der Waals surface area contributed by atoms with Crippen LogP contribution in [0.15, 0.2) is 0 Å². The van der Waals surface area contributed by atoms with Gasteiger partial charge in [-0.05, 0) is 32.3 Å². The monoisotopic (exact) mass is 174 g/mol. The largest absolute Gasteiger partial charge is 0.167 e. The fourth-order valence-corrected chi connectivity index (χ4v) is 1.71. The van der Waals surface area contributed by atoms with Gasteiger partial charge in [-0.1, -0.05) is 4.49 Å².